The maximum absolute atomic E-state index is 13.1. The Labute approximate surface area is 176 Å². The van der Waals surface area contributed by atoms with Gasteiger partial charge < -0.3 is 14.2 Å². The number of nitrogens with zero attached hydrogens (tertiary/aromatic N) is 3. The van der Waals surface area contributed by atoms with Gasteiger partial charge >= 0.3 is 0 Å². The van der Waals surface area contributed by atoms with Crippen LogP contribution in [0.25, 0.3) is 11.3 Å². The molecule has 3 heterocycles. The van der Waals surface area contributed by atoms with E-state index < -0.39 is 0 Å². The Morgan fingerprint density at radius 2 is 1.90 bits per heavy atom. The van der Waals surface area contributed by atoms with Crippen molar-refractivity contribution >= 4 is 5.91 Å². The molecule has 6 heteroatoms. The van der Waals surface area contributed by atoms with Gasteiger partial charge in [-0.05, 0) is 61.4 Å². The average molecular weight is 407 g/mol. The average Bonchev–Trinajstić information content (AvgIpc) is 3.28. The molecule has 2 aromatic heterocycles. The van der Waals surface area contributed by atoms with Gasteiger partial charge in [0.05, 0.1) is 0 Å². The van der Waals surface area contributed by atoms with Crippen LogP contribution >= 0.6 is 0 Å². The Kier molecular flexibility index (Phi) is 6.23. The van der Waals surface area contributed by atoms with E-state index in [2.05, 4.69) is 16.0 Å². The van der Waals surface area contributed by atoms with Gasteiger partial charge in [-0.1, -0.05) is 6.07 Å². The van der Waals surface area contributed by atoms with Crippen LogP contribution < -0.4 is 0 Å². The van der Waals surface area contributed by atoms with E-state index >= 15 is 0 Å². The van der Waals surface area contributed by atoms with Gasteiger partial charge in [0.2, 0.25) is 0 Å². The quantitative estimate of drug-likeness (QED) is 0.613. The molecular formula is C24H26FN3O2. The van der Waals surface area contributed by atoms with Crippen molar-refractivity contribution in [2.75, 3.05) is 26.7 Å². The van der Waals surface area contributed by atoms with Gasteiger partial charge in [-0.15, -0.1) is 0 Å². The number of amides is 1. The van der Waals surface area contributed by atoms with Gasteiger partial charge in [0.1, 0.15) is 11.6 Å². The smallest absolute Gasteiger partial charge is 0.289 e. The summed E-state index contributed by atoms with van der Waals surface area (Å²) >= 11 is 0. The van der Waals surface area contributed by atoms with Crippen LogP contribution in [-0.4, -0.2) is 53.4 Å². The lowest BCUT2D eigenvalue weighted by Gasteiger charge is -2.36. The Morgan fingerprint density at radius 3 is 2.60 bits per heavy atom. The van der Waals surface area contributed by atoms with Crippen LogP contribution in [0.1, 0.15) is 29.1 Å². The number of halogens is 1. The van der Waals surface area contributed by atoms with E-state index in [0.717, 1.165) is 50.2 Å². The molecule has 1 fully saturated rings. The predicted octanol–water partition coefficient (Wildman–Crippen LogP) is 4.26. The molecule has 1 saturated heterocycles. The number of rotatable bonds is 6. The number of hydrogen-bond acceptors (Lipinski definition) is 4. The van der Waals surface area contributed by atoms with Crippen molar-refractivity contribution in [3.05, 3.63) is 78.1 Å². The summed E-state index contributed by atoms with van der Waals surface area (Å²) in [5, 5.41) is 0. The van der Waals surface area contributed by atoms with E-state index in [-0.39, 0.29) is 17.8 Å². The zero-order chi connectivity index (χ0) is 20.9. The number of aromatic nitrogens is 1. The van der Waals surface area contributed by atoms with Crippen LogP contribution in [0.15, 0.2) is 65.2 Å². The molecule has 0 spiro atoms. The number of pyridine rings is 1. The van der Waals surface area contributed by atoms with Crippen molar-refractivity contribution < 1.29 is 13.6 Å². The molecule has 1 aliphatic rings. The largest absolute Gasteiger partial charge is 0.451 e. The summed E-state index contributed by atoms with van der Waals surface area (Å²) in [6.45, 7) is 2.92. The van der Waals surface area contributed by atoms with Crippen molar-refractivity contribution in [3.8, 4) is 11.3 Å². The molecule has 5 nitrogen and oxygen atoms in total. The van der Waals surface area contributed by atoms with Gasteiger partial charge in [-0.2, -0.15) is 0 Å². The highest BCUT2D eigenvalue weighted by Gasteiger charge is 2.27. The molecule has 4 rings (SSSR count). The molecule has 0 atom stereocenters. The molecule has 0 radical (unpaired) electrons. The highest BCUT2D eigenvalue weighted by Crippen LogP contribution is 2.24. The van der Waals surface area contributed by atoms with Crippen molar-refractivity contribution in [3.63, 3.8) is 0 Å². The van der Waals surface area contributed by atoms with Gasteiger partial charge in [-0.25, -0.2) is 4.39 Å². The topological polar surface area (TPSA) is 49.6 Å². The van der Waals surface area contributed by atoms with Crippen LogP contribution in [-0.2, 0) is 6.42 Å². The zero-order valence-electron chi connectivity index (χ0n) is 17.1. The zero-order valence-corrected chi connectivity index (χ0v) is 17.1. The molecule has 0 aliphatic carbocycles. The number of carbonyl (C=O) groups excluding carboxylic acids is 1. The molecule has 1 aromatic carbocycles. The number of furan rings is 1. The SMILES string of the molecule is CN(C(=O)c1ccc(-c2ccc(F)cc2)o1)C1CCN(CCc2ccccn2)CC1. The second kappa shape index (κ2) is 9.22. The molecule has 0 bridgehead atoms. The summed E-state index contributed by atoms with van der Waals surface area (Å²) in [4.78, 5) is 21.5. The summed E-state index contributed by atoms with van der Waals surface area (Å²) in [7, 11) is 1.84. The Balaban J connectivity index is 1.30. The standard InChI is InChI=1S/C24H26FN3O2/c1-27(21-12-16-28(17-13-21)15-11-20-4-2-3-14-26-20)24(29)23-10-9-22(30-23)18-5-7-19(25)8-6-18/h2-10,14,21H,11-13,15-17H2,1H3. The summed E-state index contributed by atoms with van der Waals surface area (Å²) in [5.74, 6) is 0.466. The van der Waals surface area contributed by atoms with Crippen LogP contribution in [0, 0.1) is 5.82 Å². The van der Waals surface area contributed by atoms with E-state index in [1.54, 1.807) is 29.2 Å². The number of carbonyl (C=O) groups is 1. The first kappa shape index (κ1) is 20.3. The van der Waals surface area contributed by atoms with E-state index in [4.69, 9.17) is 4.42 Å². The molecular weight excluding hydrogens is 381 g/mol. The van der Waals surface area contributed by atoms with Crippen molar-refractivity contribution in [2.45, 2.75) is 25.3 Å². The summed E-state index contributed by atoms with van der Waals surface area (Å²) in [6.07, 6.45) is 4.66. The monoisotopic (exact) mass is 407 g/mol. The summed E-state index contributed by atoms with van der Waals surface area (Å²) in [5.41, 5.74) is 1.86. The van der Waals surface area contributed by atoms with Crippen molar-refractivity contribution in [2.24, 2.45) is 0 Å². The third-order valence-corrected chi connectivity index (χ3v) is 5.78. The van der Waals surface area contributed by atoms with Crippen LogP contribution in [0.4, 0.5) is 4.39 Å². The normalized spacial score (nSPS) is 15.3. The highest BCUT2D eigenvalue weighted by molar-refractivity contribution is 5.92. The number of piperidine rings is 1. The summed E-state index contributed by atoms with van der Waals surface area (Å²) in [6, 6.07) is 15.7. The molecule has 0 unspecified atom stereocenters. The second-order valence-electron chi connectivity index (χ2n) is 7.73. The molecule has 0 N–H and O–H groups in total. The van der Waals surface area contributed by atoms with E-state index in [1.165, 1.54) is 12.1 Å². The highest BCUT2D eigenvalue weighted by atomic mass is 19.1. The first-order valence-corrected chi connectivity index (χ1v) is 10.4. The number of likely N-dealkylation sites (tertiary alicyclic amines) is 1. The van der Waals surface area contributed by atoms with Crippen LogP contribution in [0.5, 0.6) is 0 Å². The van der Waals surface area contributed by atoms with E-state index in [9.17, 15) is 9.18 Å². The summed E-state index contributed by atoms with van der Waals surface area (Å²) < 4.78 is 18.9. The van der Waals surface area contributed by atoms with E-state index in [0.29, 0.717) is 11.5 Å². The van der Waals surface area contributed by atoms with Crippen molar-refractivity contribution in [1.82, 2.24) is 14.8 Å². The van der Waals surface area contributed by atoms with Crippen molar-refractivity contribution in [1.29, 1.82) is 0 Å². The lowest BCUT2D eigenvalue weighted by Crippen LogP contribution is -2.46. The fourth-order valence-electron chi connectivity index (χ4n) is 3.91. The minimum atomic E-state index is -0.298. The second-order valence-corrected chi connectivity index (χ2v) is 7.73. The molecule has 30 heavy (non-hydrogen) atoms. The molecule has 1 aliphatic heterocycles. The first-order chi connectivity index (χ1) is 14.6. The van der Waals surface area contributed by atoms with Crippen LogP contribution in [0.2, 0.25) is 0 Å². The molecule has 1 amide bonds. The maximum Gasteiger partial charge on any atom is 0.289 e. The number of hydrogen-bond donors (Lipinski definition) is 0. The fourth-order valence-corrected chi connectivity index (χ4v) is 3.91. The Morgan fingerprint density at radius 1 is 1.13 bits per heavy atom. The third-order valence-electron chi connectivity index (χ3n) is 5.78. The Bertz CT molecular complexity index is 964. The minimum Gasteiger partial charge on any atom is -0.451 e. The van der Waals surface area contributed by atoms with Crippen LogP contribution in [0.3, 0.4) is 0 Å². The maximum atomic E-state index is 13.1. The fraction of sp³-hybridized carbons (Fsp3) is 0.333. The third kappa shape index (κ3) is 4.76. The first-order valence-electron chi connectivity index (χ1n) is 10.4. The molecule has 0 saturated carbocycles. The van der Waals surface area contributed by atoms with Gasteiger partial charge in [0, 0.05) is 56.6 Å². The van der Waals surface area contributed by atoms with Gasteiger partial charge in [0.15, 0.2) is 5.76 Å². The molecule has 156 valence electrons. The predicted molar refractivity (Wildman–Crippen MR) is 114 cm³/mol. The lowest BCUT2D eigenvalue weighted by atomic mass is 10.0. The lowest BCUT2D eigenvalue weighted by molar-refractivity contribution is 0.0613. The van der Waals surface area contributed by atoms with Gasteiger partial charge in [-0.3, -0.25) is 9.78 Å². The minimum absolute atomic E-state index is 0.115. The molecule has 3 aromatic rings. The Hall–Kier alpha value is -2.99. The number of benzene rings is 1. The van der Waals surface area contributed by atoms with E-state index in [1.807, 2.05) is 25.4 Å². The van der Waals surface area contributed by atoms with Gasteiger partial charge in [0.25, 0.3) is 5.91 Å².